The smallest absolute Gasteiger partial charge is 0.239 e. The van der Waals surface area contributed by atoms with Gasteiger partial charge in [0.25, 0.3) is 0 Å². The second-order valence-corrected chi connectivity index (χ2v) is 7.64. The molecule has 2 rings (SSSR count). The first kappa shape index (κ1) is 19.7. The lowest BCUT2D eigenvalue weighted by Gasteiger charge is -2.19. The minimum absolute atomic E-state index is 0.0961. The molecule has 7 nitrogen and oxygen atoms in total. The van der Waals surface area contributed by atoms with E-state index < -0.39 is 15.9 Å². The van der Waals surface area contributed by atoms with E-state index in [0.717, 1.165) is 16.1 Å². The van der Waals surface area contributed by atoms with Gasteiger partial charge in [0, 0.05) is 12.2 Å². The number of hydrogen-bond acceptors (Lipinski definition) is 5. The monoisotopic (exact) mass is 378 g/mol. The first-order valence-electron chi connectivity index (χ1n) is 7.84. The molecule has 1 N–H and O–H groups in total. The fraction of sp³-hybridized carbons (Fsp3) is 0.278. The first-order chi connectivity index (χ1) is 12.3. The molecule has 0 unspecified atom stereocenters. The minimum Gasteiger partial charge on any atom is -0.497 e. The molecule has 2 aromatic rings. The Kier molecular flexibility index (Phi) is 6.59. The highest BCUT2D eigenvalue weighted by molar-refractivity contribution is 7.88. The van der Waals surface area contributed by atoms with E-state index in [1.807, 2.05) is 0 Å². The quantitative estimate of drug-likeness (QED) is 0.760. The number of nitrogens with zero attached hydrogens (tertiary/aromatic N) is 1. The van der Waals surface area contributed by atoms with Gasteiger partial charge in [0.05, 0.1) is 27.0 Å². The number of carbonyl (C=O) groups is 1. The molecule has 1 amide bonds. The molecule has 0 saturated carbocycles. The Hall–Kier alpha value is -2.58. The lowest BCUT2D eigenvalue weighted by atomic mass is 10.2. The summed E-state index contributed by atoms with van der Waals surface area (Å²) in [6, 6.07) is 13.8. The Morgan fingerprint density at radius 3 is 1.92 bits per heavy atom. The van der Waals surface area contributed by atoms with Crippen LogP contribution in [0.25, 0.3) is 0 Å². The first-order valence-corrected chi connectivity index (χ1v) is 9.68. The van der Waals surface area contributed by atoms with Gasteiger partial charge in [-0.05, 0) is 42.0 Å². The van der Waals surface area contributed by atoms with Crippen LogP contribution in [0.15, 0.2) is 48.5 Å². The van der Waals surface area contributed by atoms with Crippen molar-refractivity contribution < 1.29 is 22.7 Å². The number of benzene rings is 2. The van der Waals surface area contributed by atoms with Gasteiger partial charge in [-0.15, -0.1) is 0 Å². The highest BCUT2D eigenvalue weighted by Crippen LogP contribution is 2.16. The lowest BCUT2D eigenvalue weighted by molar-refractivity contribution is -0.116. The van der Waals surface area contributed by atoms with Gasteiger partial charge in [-0.3, -0.25) is 4.79 Å². The van der Waals surface area contributed by atoms with E-state index in [9.17, 15) is 13.2 Å². The molecule has 0 aromatic heterocycles. The van der Waals surface area contributed by atoms with E-state index in [1.165, 1.54) is 0 Å². The Bertz CT molecular complexity index is 833. The normalized spacial score (nSPS) is 11.2. The Labute approximate surface area is 153 Å². The SMILES string of the molecule is COc1ccc(CN(CC(=O)Nc2ccc(OC)cc2)S(C)(=O)=O)cc1. The van der Waals surface area contributed by atoms with Crippen molar-refractivity contribution in [1.82, 2.24) is 4.31 Å². The number of methoxy groups -OCH3 is 2. The van der Waals surface area contributed by atoms with E-state index >= 15 is 0 Å². The van der Waals surface area contributed by atoms with E-state index in [4.69, 9.17) is 9.47 Å². The maximum absolute atomic E-state index is 12.2. The second kappa shape index (κ2) is 8.68. The van der Waals surface area contributed by atoms with Crippen LogP contribution in [-0.4, -0.2) is 45.7 Å². The summed E-state index contributed by atoms with van der Waals surface area (Å²) in [4.78, 5) is 12.2. The van der Waals surface area contributed by atoms with Crippen molar-refractivity contribution in [3.8, 4) is 11.5 Å². The largest absolute Gasteiger partial charge is 0.497 e. The average Bonchev–Trinajstić information content (AvgIpc) is 2.61. The summed E-state index contributed by atoms with van der Waals surface area (Å²) in [7, 11) is -0.446. The van der Waals surface area contributed by atoms with Crippen LogP contribution in [0.3, 0.4) is 0 Å². The van der Waals surface area contributed by atoms with Crippen molar-refractivity contribution >= 4 is 21.6 Å². The van der Waals surface area contributed by atoms with Crippen LogP contribution < -0.4 is 14.8 Å². The van der Waals surface area contributed by atoms with Gasteiger partial charge in [0.15, 0.2) is 0 Å². The molecule has 0 saturated heterocycles. The van der Waals surface area contributed by atoms with Crippen LogP contribution in [0.4, 0.5) is 5.69 Å². The van der Waals surface area contributed by atoms with Crippen molar-refractivity contribution in [2.24, 2.45) is 0 Å². The number of nitrogens with one attached hydrogen (secondary N) is 1. The van der Waals surface area contributed by atoms with Crippen LogP contribution in [0.1, 0.15) is 5.56 Å². The summed E-state index contributed by atoms with van der Waals surface area (Å²) >= 11 is 0. The molecule has 140 valence electrons. The number of carbonyl (C=O) groups excluding carboxylic acids is 1. The second-order valence-electron chi connectivity index (χ2n) is 5.66. The predicted molar refractivity (Wildman–Crippen MR) is 99.9 cm³/mol. The fourth-order valence-electron chi connectivity index (χ4n) is 2.26. The van der Waals surface area contributed by atoms with Gasteiger partial charge in [-0.2, -0.15) is 4.31 Å². The summed E-state index contributed by atoms with van der Waals surface area (Å²) in [5.41, 5.74) is 1.32. The molecule has 0 aliphatic heterocycles. The van der Waals surface area contributed by atoms with Gasteiger partial charge in [0.2, 0.25) is 15.9 Å². The summed E-state index contributed by atoms with van der Waals surface area (Å²) < 4.78 is 35.3. The maximum Gasteiger partial charge on any atom is 0.239 e. The van der Waals surface area contributed by atoms with E-state index in [0.29, 0.717) is 17.2 Å². The third-order valence-corrected chi connectivity index (χ3v) is 4.88. The highest BCUT2D eigenvalue weighted by atomic mass is 32.2. The zero-order valence-electron chi connectivity index (χ0n) is 14.9. The van der Waals surface area contributed by atoms with Gasteiger partial charge in [0.1, 0.15) is 11.5 Å². The predicted octanol–water partition coefficient (Wildman–Crippen LogP) is 2.10. The summed E-state index contributed by atoms with van der Waals surface area (Å²) in [5, 5.41) is 2.68. The zero-order chi connectivity index (χ0) is 19.2. The molecule has 26 heavy (non-hydrogen) atoms. The standard InChI is InChI=1S/C18H22N2O5S/c1-24-16-8-4-14(5-9-16)12-20(26(3,22)23)13-18(21)19-15-6-10-17(25-2)11-7-15/h4-11H,12-13H2,1-3H3,(H,19,21). The van der Waals surface area contributed by atoms with Crippen molar-refractivity contribution in [3.63, 3.8) is 0 Å². The summed E-state index contributed by atoms with van der Waals surface area (Å²) in [6.07, 6.45) is 1.08. The molecule has 2 aromatic carbocycles. The molecule has 0 heterocycles. The van der Waals surface area contributed by atoms with Gasteiger partial charge in [-0.25, -0.2) is 8.42 Å². The lowest BCUT2D eigenvalue weighted by Crippen LogP contribution is -2.36. The molecule has 0 atom stereocenters. The molecule has 0 spiro atoms. The van der Waals surface area contributed by atoms with Crippen molar-refractivity contribution in [3.05, 3.63) is 54.1 Å². The number of rotatable bonds is 8. The molecule has 0 bridgehead atoms. The van der Waals surface area contributed by atoms with Crippen molar-refractivity contribution in [1.29, 1.82) is 0 Å². The van der Waals surface area contributed by atoms with Crippen LogP contribution in [0.2, 0.25) is 0 Å². The average molecular weight is 378 g/mol. The third-order valence-electron chi connectivity index (χ3n) is 3.68. The van der Waals surface area contributed by atoms with Crippen LogP contribution in [0.5, 0.6) is 11.5 Å². The highest BCUT2D eigenvalue weighted by Gasteiger charge is 2.20. The molecule has 0 radical (unpaired) electrons. The Morgan fingerprint density at radius 1 is 0.962 bits per heavy atom. The number of anilines is 1. The Morgan fingerprint density at radius 2 is 1.46 bits per heavy atom. The molecule has 0 aliphatic carbocycles. The van der Waals surface area contributed by atoms with Crippen molar-refractivity contribution in [2.75, 3.05) is 32.3 Å². The molecular formula is C18H22N2O5S. The van der Waals surface area contributed by atoms with Crippen LogP contribution >= 0.6 is 0 Å². The number of amides is 1. The molecule has 8 heteroatoms. The van der Waals surface area contributed by atoms with E-state index in [2.05, 4.69) is 5.32 Å². The van der Waals surface area contributed by atoms with E-state index in [1.54, 1.807) is 62.8 Å². The van der Waals surface area contributed by atoms with Crippen molar-refractivity contribution in [2.45, 2.75) is 6.54 Å². The minimum atomic E-state index is -3.56. The van der Waals surface area contributed by atoms with Gasteiger partial charge < -0.3 is 14.8 Å². The fourth-order valence-corrected chi connectivity index (χ4v) is 3.00. The number of ether oxygens (including phenoxy) is 2. The summed E-state index contributed by atoms with van der Waals surface area (Å²) in [6.45, 7) is -0.185. The summed E-state index contributed by atoms with van der Waals surface area (Å²) in [5.74, 6) is 0.922. The maximum atomic E-state index is 12.2. The van der Waals surface area contributed by atoms with Gasteiger partial charge in [-0.1, -0.05) is 12.1 Å². The number of sulfonamides is 1. The Balaban J connectivity index is 2.05. The zero-order valence-corrected chi connectivity index (χ0v) is 15.7. The molecular weight excluding hydrogens is 356 g/mol. The third kappa shape index (κ3) is 5.75. The van der Waals surface area contributed by atoms with Crippen LogP contribution in [-0.2, 0) is 21.4 Å². The number of hydrogen-bond donors (Lipinski definition) is 1. The van der Waals surface area contributed by atoms with Gasteiger partial charge >= 0.3 is 0 Å². The molecule has 0 fully saturated rings. The van der Waals surface area contributed by atoms with Crippen LogP contribution in [0, 0.1) is 0 Å². The van der Waals surface area contributed by atoms with E-state index in [-0.39, 0.29) is 13.1 Å². The topological polar surface area (TPSA) is 84.9 Å². The molecule has 0 aliphatic rings.